The number of halogens is 2. The van der Waals surface area contributed by atoms with Gasteiger partial charge in [0.05, 0.1) is 5.56 Å². The van der Waals surface area contributed by atoms with E-state index in [1.807, 2.05) is 6.07 Å². The summed E-state index contributed by atoms with van der Waals surface area (Å²) in [5.41, 5.74) is 0.425. The van der Waals surface area contributed by atoms with Gasteiger partial charge in [0.1, 0.15) is 11.8 Å². The van der Waals surface area contributed by atoms with Crippen LogP contribution in [-0.4, -0.2) is 12.5 Å². The van der Waals surface area contributed by atoms with Crippen LogP contribution in [0.3, 0.4) is 0 Å². The van der Waals surface area contributed by atoms with Gasteiger partial charge in [-0.05, 0) is 24.3 Å². The normalized spacial score (nSPS) is 9.76. The molecule has 0 atom stereocenters. The van der Waals surface area contributed by atoms with Crippen LogP contribution in [-0.2, 0) is 4.79 Å². The topological polar surface area (TPSA) is 62.1 Å². The number of amides is 1. The third kappa shape index (κ3) is 3.76. The van der Waals surface area contributed by atoms with Crippen molar-refractivity contribution in [3.8, 4) is 11.8 Å². The summed E-state index contributed by atoms with van der Waals surface area (Å²) in [6.07, 6.45) is 0. The Kier molecular flexibility index (Phi) is 4.46. The average Bonchev–Trinajstić information content (AvgIpc) is 2.49. The Hall–Kier alpha value is -2.94. The van der Waals surface area contributed by atoms with Crippen molar-refractivity contribution in [2.24, 2.45) is 0 Å². The van der Waals surface area contributed by atoms with Crippen LogP contribution in [0.15, 0.2) is 42.5 Å². The molecule has 0 aliphatic carbocycles. The molecule has 21 heavy (non-hydrogen) atoms. The van der Waals surface area contributed by atoms with Crippen LogP contribution >= 0.6 is 0 Å². The summed E-state index contributed by atoms with van der Waals surface area (Å²) in [7, 11) is 0. The Balaban J connectivity index is 1.96. The van der Waals surface area contributed by atoms with Crippen molar-refractivity contribution in [1.29, 1.82) is 5.26 Å². The van der Waals surface area contributed by atoms with Crippen LogP contribution in [0.4, 0.5) is 14.5 Å². The Bertz CT molecular complexity index is 711. The molecule has 1 N–H and O–H groups in total. The number of nitrogens with one attached hydrogen (secondary N) is 1. The van der Waals surface area contributed by atoms with Crippen molar-refractivity contribution in [3.05, 3.63) is 59.7 Å². The Morgan fingerprint density at radius 1 is 1.19 bits per heavy atom. The van der Waals surface area contributed by atoms with Gasteiger partial charge in [-0.3, -0.25) is 4.79 Å². The first-order valence-corrected chi connectivity index (χ1v) is 5.97. The molecule has 0 unspecified atom stereocenters. The molecule has 0 radical (unpaired) electrons. The van der Waals surface area contributed by atoms with E-state index >= 15 is 0 Å². The number of hydrogen-bond donors (Lipinski definition) is 1. The number of nitriles is 1. The van der Waals surface area contributed by atoms with E-state index in [0.717, 1.165) is 12.1 Å². The molecule has 0 spiro atoms. The zero-order valence-electron chi connectivity index (χ0n) is 10.8. The van der Waals surface area contributed by atoms with Crippen molar-refractivity contribution in [2.75, 3.05) is 11.9 Å². The molecule has 0 bridgehead atoms. The quantitative estimate of drug-likeness (QED) is 0.941. The highest BCUT2D eigenvalue weighted by molar-refractivity contribution is 5.91. The molecule has 0 aromatic heterocycles. The van der Waals surface area contributed by atoms with Crippen LogP contribution < -0.4 is 10.1 Å². The van der Waals surface area contributed by atoms with Gasteiger partial charge in [0.2, 0.25) is 0 Å². The summed E-state index contributed by atoms with van der Waals surface area (Å²) in [5.74, 6) is -2.31. The minimum Gasteiger partial charge on any atom is -0.482 e. The Morgan fingerprint density at radius 3 is 2.67 bits per heavy atom. The van der Waals surface area contributed by atoms with Crippen LogP contribution in [0.2, 0.25) is 0 Å². The van der Waals surface area contributed by atoms with Gasteiger partial charge in [-0.15, -0.1) is 0 Å². The van der Waals surface area contributed by atoms with Gasteiger partial charge in [0.25, 0.3) is 5.91 Å². The number of benzene rings is 2. The molecule has 0 fully saturated rings. The van der Waals surface area contributed by atoms with Crippen molar-refractivity contribution >= 4 is 11.6 Å². The number of carbonyl (C=O) groups excluding carboxylic acids is 1. The molecule has 2 rings (SSSR count). The van der Waals surface area contributed by atoms with Crippen molar-refractivity contribution in [1.82, 2.24) is 0 Å². The van der Waals surface area contributed by atoms with E-state index in [-0.39, 0.29) is 18.0 Å². The molecule has 4 nitrogen and oxygen atoms in total. The van der Waals surface area contributed by atoms with E-state index in [9.17, 15) is 13.6 Å². The van der Waals surface area contributed by atoms with Crippen molar-refractivity contribution in [3.63, 3.8) is 0 Å². The number of rotatable bonds is 4. The smallest absolute Gasteiger partial charge is 0.262 e. The van der Waals surface area contributed by atoms with Gasteiger partial charge in [0.15, 0.2) is 18.2 Å². The maximum atomic E-state index is 13.0. The van der Waals surface area contributed by atoms with Crippen molar-refractivity contribution < 1.29 is 18.3 Å². The zero-order chi connectivity index (χ0) is 15.2. The Morgan fingerprint density at radius 2 is 1.95 bits per heavy atom. The van der Waals surface area contributed by atoms with E-state index in [4.69, 9.17) is 10.00 Å². The number of anilines is 1. The fourth-order valence-corrected chi connectivity index (χ4v) is 1.60. The monoisotopic (exact) mass is 288 g/mol. The SMILES string of the molecule is N#Cc1ccccc1OCC(=O)Nc1ccc(F)c(F)c1. The lowest BCUT2D eigenvalue weighted by atomic mass is 10.2. The summed E-state index contributed by atoms with van der Waals surface area (Å²) in [5, 5.41) is 11.2. The van der Waals surface area contributed by atoms with Crippen LogP contribution in [0, 0.1) is 23.0 Å². The lowest BCUT2D eigenvalue weighted by Gasteiger charge is -2.08. The molecule has 6 heteroatoms. The summed E-state index contributed by atoms with van der Waals surface area (Å²) in [6, 6.07) is 11.4. The largest absolute Gasteiger partial charge is 0.482 e. The second kappa shape index (κ2) is 6.48. The van der Waals surface area contributed by atoms with E-state index in [2.05, 4.69) is 5.32 Å². The summed E-state index contributed by atoms with van der Waals surface area (Å²) in [4.78, 5) is 11.6. The molecule has 1 amide bonds. The van der Waals surface area contributed by atoms with Gasteiger partial charge in [-0.2, -0.15) is 5.26 Å². The highest BCUT2D eigenvalue weighted by Gasteiger charge is 2.08. The van der Waals surface area contributed by atoms with E-state index in [0.29, 0.717) is 5.56 Å². The van der Waals surface area contributed by atoms with Gasteiger partial charge in [-0.25, -0.2) is 8.78 Å². The second-order valence-electron chi connectivity index (χ2n) is 4.07. The minimum absolute atomic E-state index is 0.121. The highest BCUT2D eigenvalue weighted by atomic mass is 19.2. The number of nitrogens with zero attached hydrogens (tertiary/aromatic N) is 1. The Labute approximate surface area is 119 Å². The van der Waals surface area contributed by atoms with E-state index in [1.54, 1.807) is 24.3 Å². The maximum Gasteiger partial charge on any atom is 0.262 e. The molecule has 0 aliphatic heterocycles. The number of para-hydroxylation sites is 1. The van der Waals surface area contributed by atoms with E-state index in [1.165, 1.54) is 6.07 Å². The van der Waals surface area contributed by atoms with Gasteiger partial charge >= 0.3 is 0 Å². The summed E-state index contributed by atoms with van der Waals surface area (Å²) >= 11 is 0. The van der Waals surface area contributed by atoms with Crippen LogP contribution in [0.5, 0.6) is 5.75 Å². The third-order valence-electron chi connectivity index (χ3n) is 2.57. The molecular weight excluding hydrogens is 278 g/mol. The third-order valence-corrected chi connectivity index (χ3v) is 2.57. The molecule has 2 aromatic rings. The lowest BCUT2D eigenvalue weighted by molar-refractivity contribution is -0.118. The highest BCUT2D eigenvalue weighted by Crippen LogP contribution is 2.17. The fourth-order valence-electron chi connectivity index (χ4n) is 1.60. The molecule has 106 valence electrons. The summed E-state index contributed by atoms with van der Waals surface area (Å²) in [6.45, 7) is -0.350. The first-order valence-electron chi connectivity index (χ1n) is 5.97. The molecule has 0 saturated carbocycles. The first kappa shape index (κ1) is 14.5. The summed E-state index contributed by atoms with van der Waals surface area (Å²) < 4.78 is 30.9. The predicted octanol–water partition coefficient (Wildman–Crippen LogP) is 2.85. The maximum absolute atomic E-state index is 13.0. The molecular formula is C15H10F2N2O2. The van der Waals surface area contributed by atoms with Gasteiger partial charge < -0.3 is 10.1 Å². The van der Waals surface area contributed by atoms with Gasteiger partial charge in [-0.1, -0.05) is 12.1 Å². The molecule has 0 saturated heterocycles. The lowest BCUT2D eigenvalue weighted by Crippen LogP contribution is -2.20. The molecule has 0 heterocycles. The average molecular weight is 288 g/mol. The van der Waals surface area contributed by atoms with Gasteiger partial charge in [0, 0.05) is 11.8 Å². The predicted molar refractivity (Wildman–Crippen MR) is 71.6 cm³/mol. The van der Waals surface area contributed by atoms with Crippen molar-refractivity contribution in [2.45, 2.75) is 0 Å². The standard InChI is InChI=1S/C15H10F2N2O2/c16-12-6-5-11(7-13(12)17)19-15(20)9-21-14-4-2-1-3-10(14)8-18/h1-7H,9H2,(H,19,20). The molecule has 0 aliphatic rings. The number of carbonyl (C=O) groups is 1. The minimum atomic E-state index is -1.05. The zero-order valence-corrected chi connectivity index (χ0v) is 10.8. The van der Waals surface area contributed by atoms with Crippen LogP contribution in [0.25, 0.3) is 0 Å². The number of ether oxygens (including phenoxy) is 1. The van der Waals surface area contributed by atoms with E-state index < -0.39 is 17.5 Å². The van der Waals surface area contributed by atoms with Crippen LogP contribution in [0.1, 0.15) is 5.56 Å². The number of hydrogen-bond acceptors (Lipinski definition) is 3. The fraction of sp³-hybridized carbons (Fsp3) is 0.0667. The molecule has 2 aromatic carbocycles. The second-order valence-corrected chi connectivity index (χ2v) is 4.07. The first-order chi connectivity index (χ1) is 10.1.